The quantitative estimate of drug-likeness (QED) is 0.904. The summed E-state index contributed by atoms with van der Waals surface area (Å²) in [6, 6.07) is 12.0. The predicted molar refractivity (Wildman–Crippen MR) is 76.9 cm³/mol. The van der Waals surface area contributed by atoms with Crippen molar-refractivity contribution in [3.63, 3.8) is 0 Å². The first-order valence-electron chi connectivity index (χ1n) is 6.28. The number of hydrogen-bond acceptors (Lipinski definition) is 3. The van der Waals surface area contributed by atoms with E-state index in [-0.39, 0.29) is 17.9 Å². The number of nitrogens with zero attached hydrogens (tertiary/aromatic N) is 1. The molecule has 1 aromatic heterocycles. The number of pyridine rings is 1. The first-order valence-corrected chi connectivity index (χ1v) is 6.28. The van der Waals surface area contributed by atoms with Crippen LogP contribution in [0.3, 0.4) is 0 Å². The van der Waals surface area contributed by atoms with Gasteiger partial charge in [-0.3, -0.25) is 9.59 Å². The number of nitrogens with one attached hydrogen (secondary N) is 1. The standard InChI is InChI=1S/C15H16N2O3/c1-20-13-7-5-12(6-8-13)16-14(18)9-11-17-10-3-2-4-15(17)19/h2-8,10H,9,11H2,1H3,(H,16,18). The Kier molecular flexibility index (Phi) is 4.55. The van der Waals surface area contributed by atoms with Crippen molar-refractivity contribution in [3.8, 4) is 5.75 Å². The smallest absolute Gasteiger partial charge is 0.250 e. The van der Waals surface area contributed by atoms with Crippen molar-refractivity contribution in [1.29, 1.82) is 0 Å². The highest BCUT2D eigenvalue weighted by Gasteiger charge is 2.03. The number of methoxy groups -OCH3 is 1. The molecule has 1 N–H and O–H groups in total. The monoisotopic (exact) mass is 272 g/mol. The molecule has 0 radical (unpaired) electrons. The van der Waals surface area contributed by atoms with E-state index in [0.717, 1.165) is 5.75 Å². The molecule has 5 nitrogen and oxygen atoms in total. The lowest BCUT2D eigenvalue weighted by Crippen LogP contribution is -2.21. The molecule has 1 heterocycles. The maximum Gasteiger partial charge on any atom is 0.250 e. The summed E-state index contributed by atoms with van der Waals surface area (Å²) in [5.74, 6) is 0.602. The number of aryl methyl sites for hydroxylation is 1. The number of rotatable bonds is 5. The van der Waals surface area contributed by atoms with E-state index in [1.165, 1.54) is 10.6 Å². The average molecular weight is 272 g/mol. The molecular weight excluding hydrogens is 256 g/mol. The summed E-state index contributed by atoms with van der Waals surface area (Å²) >= 11 is 0. The summed E-state index contributed by atoms with van der Waals surface area (Å²) in [5.41, 5.74) is 0.598. The molecule has 0 aliphatic heterocycles. The lowest BCUT2D eigenvalue weighted by molar-refractivity contribution is -0.116. The van der Waals surface area contributed by atoms with Gasteiger partial charge in [0.05, 0.1) is 7.11 Å². The van der Waals surface area contributed by atoms with Crippen LogP contribution in [0.4, 0.5) is 5.69 Å². The summed E-state index contributed by atoms with van der Waals surface area (Å²) in [5, 5.41) is 2.77. The summed E-state index contributed by atoms with van der Waals surface area (Å²) in [4.78, 5) is 23.3. The maximum absolute atomic E-state index is 11.8. The number of hydrogen-bond donors (Lipinski definition) is 1. The fourth-order valence-corrected chi connectivity index (χ4v) is 1.77. The topological polar surface area (TPSA) is 60.3 Å². The Labute approximate surface area is 116 Å². The van der Waals surface area contributed by atoms with Crippen molar-refractivity contribution in [2.24, 2.45) is 0 Å². The molecule has 0 fully saturated rings. The molecule has 0 unspecified atom stereocenters. The molecule has 0 aliphatic rings. The van der Waals surface area contributed by atoms with Gasteiger partial charge in [0.15, 0.2) is 0 Å². The van der Waals surface area contributed by atoms with Gasteiger partial charge in [-0.1, -0.05) is 6.07 Å². The van der Waals surface area contributed by atoms with E-state index in [4.69, 9.17) is 4.74 Å². The summed E-state index contributed by atoms with van der Waals surface area (Å²) in [6.45, 7) is 0.363. The van der Waals surface area contributed by atoms with Crippen molar-refractivity contribution in [2.45, 2.75) is 13.0 Å². The third kappa shape index (κ3) is 3.71. The first kappa shape index (κ1) is 13.9. The van der Waals surface area contributed by atoms with Crippen molar-refractivity contribution in [2.75, 3.05) is 12.4 Å². The van der Waals surface area contributed by atoms with Gasteiger partial charge in [0.1, 0.15) is 5.75 Å². The average Bonchev–Trinajstić information content (AvgIpc) is 2.47. The fourth-order valence-electron chi connectivity index (χ4n) is 1.77. The Morgan fingerprint density at radius 3 is 2.60 bits per heavy atom. The molecule has 0 spiro atoms. The molecule has 2 rings (SSSR count). The second-order valence-corrected chi connectivity index (χ2v) is 4.26. The Bertz CT molecular complexity index is 632. The zero-order valence-corrected chi connectivity index (χ0v) is 11.2. The van der Waals surface area contributed by atoms with Crippen molar-refractivity contribution in [1.82, 2.24) is 4.57 Å². The van der Waals surface area contributed by atoms with Gasteiger partial charge in [-0.05, 0) is 30.3 Å². The van der Waals surface area contributed by atoms with E-state index in [1.807, 2.05) is 0 Å². The molecule has 1 amide bonds. The van der Waals surface area contributed by atoms with Crippen LogP contribution in [0.2, 0.25) is 0 Å². The zero-order chi connectivity index (χ0) is 14.4. The summed E-state index contributed by atoms with van der Waals surface area (Å²) in [7, 11) is 1.59. The molecule has 0 saturated heterocycles. The van der Waals surface area contributed by atoms with Crippen molar-refractivity contribution in [3.05, 3.63) is 59.0 Å². The van der Waals surface area contributed by atoms with Crippen molar-refractivity contribution < 1.29 is 9.53 Å². The Morgan fingerprint density at radius 2 is 1.95 bits per heavy atom. The molecular formula is C15H16N2O3. The molecule has 5 heteroatoms. The molecule has 0 saturated carbocycles. The second-order valence-electron chi connectivity index (χ2n) is 4.26. The number of carbonyl (C=O) groups is 1. The van der Waals surface area contributed by atoms with Gasteiger partial charge in [0.2, 0.25) is 5.91 Å². The van der Waals surface area contributed by atoms with E-state index >= 15 is 0 Å². The summed E-state index contributed by atoms with van der Waals surface area (Å²) < 4.78 is 6.55. The lowest BCUT2D eigenvalue weighted by Gasteiger charge is -2.07. The first-order chi connectivity index (χ1) is 9.69. The van der Waals surface area contributed by atoms with Crippen LogP contribution in [0.25, 0.3) is 0 Å². The van der Waals surface area contributed by atoms with E-state index in [1.54, 1.807) is 49.7 Å². The van der Waals surface area contributed by atoms with Crippen LogP contribution in [-0.2, 0) is 11.3 Å². The van der Waals surface area contributed by atoms with Gasteiger partial charge < -0.3 is 14.6 Å². The largest absolute Gasteiger partial charge is 0.497 e. The highest BCUT2D eigenvalue weighted by atomic mass is 16.5. The number of amides is 1. The van der Waals surface area contributed by atoms with Crippen LogP contribution < -0.4 is 15.6 Å². The van der Waals surface area contributed by atoms with Crippen LogP contribution >= 0.6 is 0 Å². The van der Waals surface area contributed by atoms with Crippen LogP contribution in [0, 0.1) is 0 Å². The van der Waals surface area contributed by atoms with Gasteiger partial charge in [-0.15, -0.1) is 0 Å². The van der Waals surface area contributed by atoms with Crippen molar-refractivity contribution >= 4 is 11.6 Å². The highest BCUT2D eigenvalue weighted by Crippen LogP contribution is 2.15. The Morgan fingerprint density at radius 1 is 1.20 bits per heavy atom. The normalized spacial score (nSPS) is 10.1. The number of ether oxygens (including phenoxy) is 1. The molecule has 0 bridgehead atoms. The minimum atomic E-state index is -0.133. The minimum absolute atomic E-state index is 0.107. The third-order valence-electron chi connectivity index (χ3n) is 2.85. The molecule has 0 atom stereocenters. The maximum atomic E-state index is 11.8. The number of aromatic nitrogens is 1. The number of benzene rings is 1. The third-order valence-corrected chi connectivity index (χ3v) is 2.85. The van der Waals surface area contributed by atoms with Crippen LogP contribution in [-0.4, -0.2) is 17.6 Å². The molecule has 104 valence electrons. The zero-order valence-electron chi connectivity index (χ0n) is 11.2. The van der Waals surface area contributed by atoms with E-state index < -0.39 is 0 Å². The second kappa shape index (κ2) is 6.56. The predicted octanol–water partition coefficient (Wildman–Crippen LogP) is 1.89. The van der Waals surface area contributed by atoms with Gasteiger partial charge in [0.25, 0.3) is 5.56 Å². The SMILES string of the molecule is COc1ccc(NC(=O)CCn2ccccc2=O)cc1. The van der Waals surface area contributed by atoms with Crippen LogP contribution in [0.1, 0.15) is 6.42 Å². The van der Waals surface area contributed by atoms with E-state index in [9.17, 15) is 9.59 Å². The van der Waals surface area contributed by atoms with Crippen LogP contribution in [0.15, 0.2) is 53.5 Å². The fraction of sp³-hybridized carbons (Fsp3) is 0.200. The van der Waals surface area contributed by atoms with Gasteiger partial charge in [-0.25, -0.2) is 0 Å². The summed E-state index contributed by atoms with van der Waals surface area (Å²) in [6.07, 6.45) is 1.92. The van der Waals surface area contributed by atoms with E-state index in [0.29, 0.717) is 12.2 Å². The van der Waals surface area contributed by atoms with Gasteiger partial charge in [0, 0.05) is 30.9 Å². The van der Waals surface area contributed by atoms with E-state index in [2.05, 4.69) is 5.32 Å². The van der Waals surface area contributed by atoms with Gasteiger partial charge >= 0.3 is 0 Å². The highest BCUT2D eigenvalue weighted by molar-refractivity contribution is 5.90. The molecule has 20 heavy (non-hydrogen) atoms. The molecule has 0 aliphatic carbocycles. The molecule has 2 aromatic rings. The minimum Gasteiger partial charge on any atom is -0.497 e. The Balaban J connectivity index is 1.89. The van der Waals surface area contributed by atoms with Crippen LogP contribution in [0.5, 0.6) is 5.75 Å². The number of anilines is 1. The number of carbonyl (C=O) groups excluding carboxylic acids is 1. The van der Waals surface area contributed by atoms with Gasteiger partial charge in [-0.2, -0.15) is 0 Å². The Hall–Kier alpha value is -2.56. The lowest BCUT2D eigenvalue weighted by atomic mass is 10.3. The molecule has 1 aromatic carbocycles.